The molecule has 0 saturated heterocycles. The van der Waals surface area contributed by atoms with Crippen molar-refractivity contribution in [1.82, 2.24) is 14.9 Å². The van der Waals surface area contributed by atoms with Crippen LogP contribution in [0.2, 0.25) is 0 Å². The molecule has 3 aromatic rings. The van der Waals surface area contributed by atoms with Crippen molar-refractivity contribution in [3.8, 4) is 5.75 Å². The van der Waals surface area contributed by atoms with Gasteiger partial charge in [0.1, 0.15) is 11.6 Å². The van der Waals surface area contributed by atoms with Gasteiger partial charge in [0.2, 0.25) is 0 Å². The molecule has 0 unspecified atom stereocenters. The van der Waals surface area contributed by atoms with Gasteiger partial charge in [0.15, 0.2) is 0 Å². The second kappa shape index (κ2) is 8.03. The molecule has 1 aromatic heterocycles. The number of fused-ring (bicyclic) bond motifs is 1. The number of nitrogens with one attached hydrogen (secondary N) is 1. The van der Waals surface area contributed by atoms with Crippen molar-refractivity contribution < 1.29 is 9.53 Å². The molecule has 2 aromatic carbocycles. The molecule has 0 aliphatic carbocycles. The largest absolute Gasteiger partial charge is 0.493 e. The van der Waals surface area contributed by atoms with E-state index in [0.29, 0.717) is 34.8 Å². The highest BCUT2D eigenvalue weighted by molar-refractivity contribution is 5.94. The van der Waals surface area contributed by atoms with Crippen molar-refractivity contribution in [2.45, 2.75) is 20.4 Å². The van der Waals surface area contributed by atoms with Gasteiger partial charge in [0.25, 0.3) is 11.5 Å². The lowest BCUT2D eigenvalue weighted by molar-refractivity contribution is 0.0781. The molecule has 0 atom stereocenters. The van der Waals surface area contributed by atoms with Crippen LogP contribution in [0.1, 0.15) is 30.0 Å². The van der Waals surface area contributed by atoms with Crippen molar-refractivity contribution in [2.75, 3.05) is 13.7 Å². The monoisotopic (exact) mass is 365 g/mol. The SMILES string of the molecule is CC(C)COc1ccc(C(=O)N(C)Cc2nc3ccccc3c(=O)[nH]2)cc1. The number of hydrogen-bond acceptors (Lipinski definition) is 4. The first-order chi connectivity index (χ1) is 12.9. The van der Waals surface area contributed by atoms with Crippen LogP contribution in [0, 0.1) is 5.92 Å². The molecule has 0 fully saturated rings. The molecule has 140 valence electrons. The Kier molecular flexibility index (Phi) is 5.54. The Labute approximate surface area is 157 Å². The highest BCUT2D eigenvalue weighted by Gasteiger charge is 2.14. The first-order valence-corrected chi connectivity index (χ1v) is 8.90. The molecule has 0 saturated carbocycles. The van der Waals surface area contributed by atoms with Crippen LogP contribution in [0.15, 0.2) is 53.3 Å². The Morgan fingerprint density at radius 3 is 2.56 bits per heavy atom. The number of nitrogens with zero attached hydrogens (tertiary/aromatic N) is 2. The summed E-state index contributed by atoms with van der Waals surface area (Å²) in [6.45, 7) is 5.01. The Hall–Kier alpha value is -3.15. The minimum Gasteiger partial charge on any atom is -0.493 e. The molecule has 27 heavy (non-hydrogen) atoms. The van der Waals surface area contributed by atoms with Gasteiger partial charge in [-0.2, -0.15) is 0 Å². The predicted octanol–water partition coefficient (Wildman–Crippen LogP) is 3.23. The summed E-state index contributed by atoms with van der Waals surface area (Å²) >= 11 is 0. The fraction of sp³-hybridized carbons (Fsp3) is 0.286. The van der Waals surface area contributed by atoms with Crippen molar-refractivity contribution >= 4 is 16.8 Å². The minimum atomic E-state index is -0.205. The first kappa shape index (κ1) is 18.6. The summed E-state index contributed by atoms with van der Waals surface area (Å²) in [4.78, 5) is 33.5. The van der Waals surface area contributed by atoms with Crippen molar-refractivity contribution in [3.05, 3.63) is 70.3 Å². The zero-order valence-corrected chi connectivity index (χ0v) is 15.7. The van der Waals surface area contributed by atoms with Crippen LogP contribution in [-0.2, 0) is 6.54 Å². The number of rotatable bonds is 6. The summed E-state index contributed by atoms with van der Waals surface area (Å²) in [5.74, 6) is 1.48. The van der Waals surface area contributed by atoms with E-state index in [1.807, 2.05) is 6.07 Å². The van der Waals surface area contributed by atoms with Crippen molar-refractivity contribution in [1.29, 1.82) is 0 Å². The zero-order chi connectivity index (χ0) is 19.4. The van der Waals surface area contributed by atoms with Gasteiger partial charge in [-0.15, -0.1) is 0 Å². The molecule has 1 N–H and O–H groups in total. The van der Waals surface area contributed by atoms with E-state index in [1.165, 1.54) is 4.90 Å². The molecule has 6 nitrogen and oxygen atoms in total. The fourth-order valence-corrected chi connectivity index (χ4v) is 2.68. The zero-order valence-electron chi connectivity index (χ0n) is 15.7. The molecule has 6 heteroatoms. The van der Waals surface area contributed by atoms with E-state index in [4.69, 9.17) is 4.74 Å². The summed E-state index contributed by atoms with van der Waals surface area (Å²) in [7, 11) is 1.68. The smallest absolute Gasteiger partial charge is 0.258 e. The number of carbonyl (C=O) groups excluding carboxylic acids is 1. The lowest BCUT2D eigenvalue weighted by atomic mass is 10.2. The van der Waals surface area contributed by atoms with Crippen LogP contribution >= 0.6 is 0 Å². The number of H-pyrrole nitrogens is 1. The summed E-state index contributed by atoms with van der Waals surface area (Å²) in [5, 5.41) is 0.534. The second-order valence-electron chi connectivity index (χ2n) is 6.92. The Morgan fingerprint density at radius 1 is 1.15 bits per heavy atom. The molecule has 0 spiro atoms. The molecule has 0 aliphatic heterocycles. The van der Waals surface area contributed by atoms with E-state index >= 15 is 0 Å². The maximum absolute atomic E-state index is 12.6. The van der Waals surface area contributed by atoms with Crippen LogP contribution in [0.3, 0.4) is 0 Å². The van der Waals surface area contributed by atoms with Crippen LogP contribution in [-0.4, -0.2) is 34.4 Å². The van der Waals surface area contributed by atoms with Crippen molar-refractivity contribution in [2.24, 2.45) is 5.92 Å². The quantitative estimate of drug-likeness (QED) is 0.728. The molecule has 3 rings (SSSR count). The number of para-hydroxylation sites is 1. The number of ether oxygens (including phenoxy) is 1. The summed E-state index contributed by atoms with van der Waals surface area (Å²) in [5.41, 5.74) is 0.962. The fourth-order valence-electron chi connectivity index (χ4n) is 2.68. The lowest BCUT2D eigenvalue weighted by Gasteiger charge is -2.17. The predicted molar refractivity (Wildman–Crippen MR) is 105 cm³/mol. The summed E-state index contributed by atoms with van der Waals surface area (Å²) in [6, 6.07) is 14.2. The van der Waals surface area contributed by atoms with Gasteiger partial charge in [0, 0.05) is 12.6 Å². The Morgan fingerprint density at radius 2 is 1.85 bits per heavy atom. The Balaban J connectivity index is 1.71. The van der Waals surface area contributed by atoms with E-state index in [1.54, 1.807) is 49.5 Å². The van der Waals surface area contributed by atoms with Gasteiger partial charge < -0.3 is 14.6 Å². The molecule has 0 aliphatic rings. The topological polar surface area (TPSA) is 75.3 Å². The molecule has 0 bridgehead atoms. The lowest BCUT2D eigenvalue weighted by Crippen LogP contribution is -2.28. The van der Waals surface area contributed by atoms with Gasteiger partial charge in [-0.25, -0.2) is 4.98 Å². The van der Waals surface area contributed by atoms with Gasteiger partial charge in [0.05, 0.1) is 24.1 Å². The average molecular weight is 365 g/mol. The minimum absolute atomic E-state index is 0.152. The standard InChI is InChI=1S/C21H23N3O3/c1-14(2)13-27-16-10-8-15(9-11-16)21(26)24(3)12-19-22-18-7-5-4-6-17(18)20(25)23-19/h4-11,14H,12-13H2,1-3H3,(H,22,23,25). The van der Waals surface area contributed by atoms with Gasteiger partial charge in [-0.1, -0.05) is 26.0 Å². The number of benzene rings is 2. The third-order valence-corrected chi connectivity index (χ3v) is 4.08. The second-order valence-corrected chi connectivity index (χ2v) is 6.92. The molecule has 0 radical (unpaired) electrons. The highest BCUT2D eigenvalue weighted by Crippen LogP contribution is 2.15. The Bertz CT molecular complexity index is 993. The maximum atomic E-state index is 12.6. The maximum Gasteiger partial charge on any atom is 0.258 e. The normalized spacial score (nSPS) is 11.0. The van der Waals surface area contributed by atoms with Crippen molar-refractivity contribution in [3.63, 3.8) is 0 Å². The first-order valence-electron chi connectivity index (χ1n) is 8.90. The van der Waals surface area contributed by atoms with Crippen LogP contribution < -0.4 is 10.3 Å². The molecular weight excluding hydrogens is 342 g/mol. The van der Waals surface area contributed by atoms with E-state index < -0.39 is 0 Å². The average Bonchev–Trinajstić information content (AvgIpc) is 2.66. The van der Waals surface area contributed by atoms with E-state index in [9.17, 15) is 9.59 Å². The van der Waals surface area contributed by atoms with E-state index in [0.717, 1.165) is 5.75 Å². The van der Waals surface area contributed by atoms with Gasteiger partial charge in [-0.3, -0.25) is 9.59 Å². The third kappa shape index (κ3) is 4.53. The van der Waals surface area contributed by atoms with Gasteiger partial charge >= 0.3 is 0 Å². The van der Waals surface area contributed by atoms with Crippen LogP contribution in [0.4, 0.5) is 0 Å². The van der Waals surface area contributed by atoms with Crippen LogP contribution in [0.5, 0.6) is 5.75 Å². The van der Waals surface area contributed by atoms with Crippen LogP contribution in [0.25, 0.3) is 10.9 Å². The summed E-state index contributed by atoms with van der Waals surface area (Å²) < 4.78 is 5.64. The molecule has 1 amide bonds. The van der Waals surface area contributed by atoms with Gasteiger partial charge in [-0.05, 0) is 42.3 Å². The highest BCUT2D eigenvalue weighted by atomic mass is 16.5. The molecule has 1 heterocycles. The number of aromatic nitrogens is 2. The third-order valence-electron chi connectivity index (χ3n) is 4.08. The number of amides is 1. The number of hydrogen-bond donors (Lipinski definition) is 1. The van der Waals surface area contributed by atoms with E-state index in [-0.39, 0.29) is 18.0 Å². The van der Waals surface area contributed by atoms with E-state index in [2.05, 4.69) is 23.8 Å². The number of aromatic amines is 1. The molecular formula is C21H23N3O3. The summed E-state index contributed by atoms with van der Waals surface area (Å²) in [6.07, 6.45) is 0. The number of carbonyl (C=O) groups is 1.